The molecule has 2 saturated heterocycles. The zero-order valence-electron chi connectivity index (χ0n) is 23.3. The van der Waals surface area contributed by atoms with Crippen LogP contribution in [0.15, 0.2) is 78.9 Å². The molecule has 0 aliphatic carbocycles. The molecule has 1 N–H and O–H groups in total. The molecule has 0 saturated carbocycles. The highest BCUT2D eigenvalue weighted by Gasteiger charge is 2.35. The number of rotatable bonds is 10. The van der Waals surface area contributed by atoms with Crippen molar-refractivity contribution in [3.05, 3.63) is 106 Å². The van der Waals surface area contributed by atoms with Gasteiger partial charge >= 0.3 is 0 Å². The predicted molar refractivity (Wildman–Crippen MR) is 166 cm³/mol. The van der Waals surface area contributed by atoms with Gasteiger partial charge in [0.1, 0.15) is 0 Å². The van der Waals surface area contributed by atoms with Crippen molar-refractivity contribution in [3.8, 4) is 0 Å². The smallest absolute Gasteiger partial charge is 0.234 e. The lowest BCUT2D eigenvalue weighted by molar-refractivity contribution is -0.123. The number of nitrogens with one attached hydrogen (secondary N) is 1. The van der Waals surface area contributed by atoms with Crippen molar-refractivity contribution in [1.29, 1.82) is 0 Å². The SMILES string of the molecule is O=C(CN1CCC(Cc2ccccc2)CC1)NCC1(Cc2ccc(Cl)c(Cl)c2)CCN(Cc2ccccc2)CC1. The van der Waals surface area contributed by atoms with Gasteiger partial charge in [0.25, 0.3) is 0 Å². The Morgan fingerprint density at radius 2 is 1.43 bits per heavy atom. The summed E-state index contributed by atoms with van der Waals surface area (Å²) < 4.78 is 0. The normalized spacial score (nSPS) is 18.4. The number of likely N-dealkylation sites (tertiary alicyclic amines) is 2. The van der Waals surface area contributed by atoms with Crippen molar-refractivity contribution >= 4 is 29.1 Å². The lowest BCUT2D eigenvalue weighted by Crippen LogP contribution is -2.49. The quantitative estimate of drug-likeness (QED) is 0.285. The van der Waals surface area contributed by atoms with Crippen LogP contribution >= 0.6 is 23.2 Å². The average Bonchev–Trinajstić information content (AvgIpc) is 2.97. The number of carbonyl (C=O) groups excluding carboxylic acids is 1. The summed E-state index contributed by atoms with van der Waals surface area (Å²) in [7, 11) is 0. The van der Waals surface area contributed by atoms with Crippen LogP contribution in [0.25, 0.3) is 0 Å². The number of benzene rings is 3. The average molecular weight is 579 g/mol. The van der Waals surface area contributed by atoms with E-state index in [9.17, 15) is 4.79 Å². The van der Waals surface area contributed by atoms with E-state index in [1.165, 1.54) is 16.7 Å². The molecule has 3 aromatic carbocycles. The summed E-state index contributed by atoms with van der Waals surface area (Å²) >= 11 is 12.6. The first kappa shape index (κ1) is 29.1. The molecule has 0 bridgehead atoms. The summed E-state index contributed by atoms with van der Waals surface area (Å²) in [6, 6.07) is 27.4. The summed E-state index contributed by atoms with van der Waals surface area (Å²) in [4.78, 5) is 18.0. The van der Waals surface area contributed by atoms with Crippen LogP contribution in [0.1, 0.15) is 42.4 Å². The number of hydrogen-bond donors (Lipinski definition) is 1. The molecule has 2 aliphatic heterocycles. The Bertz CT molecular complexity index is 1220. The fourth-order valence-electron chi connectivity index (χ4n) is 6.37. The molecule has 3 aromatic rings. The van der Waals surface area contributed by atoms with E-state index in [-0.39, 0.29) is 11.3 Å². The Morgan fingerprint density at radius 1 is 0.775 bits per heavy atom. The molecule has 2 heterocycles. The minimum atomic E-state index is 0.00266. The Kier molecular flexibility index (Phi) is 10.2. The van der Waals surface area contributed by atoms with Gasteiger partial charge in [-0.1, -0.05) is 89.9 Å². The zero-order chi connectivity index (χ0) is 27.8. The highest BCUT2D eigenvalue weighted by Crippen LogP contribution is 2.36. The van der Waals surface area contributed by atoms with Gasteiger partial charge in [0.15, 0.2) is 0 Å². The van der Waals surface area contributed by atoms with Crippen LogP contribution in [0.2, 0.25) is 10.0 Å². The second-order valence-corrected chi connectivity index (χ2v) is 12.7. The topological polar surface area (TPSA) is 35.6 Å². The number of piperidine rings is 2. The van der Waals surface area contributed by atoms with Gasteiger partial charge in [-0.2, -0.15) is 0 Å². The van der Waals surface area contributed by atoms with E-state index in [1.807, 2.05) is 12.1 Å². The molecule has 1 amide bonds. The van der Waals surface area contributed by atoms with Crippen LogP contribution in [0.3, 0.4) is 0 Å². The Morgan fingerprint density at radius 3 is 2.08 bits per heavy atom. The maximum atomic E-state index is 13.1. The molecular formula is C34H41Cl2N3O. The zero-order valence-corrected chi connectivity index (χ0v) is 24.8. The molecule has 4 nitrogen and oxygen atoms in total. The molecule has 0 unspecified atom stereocenters. The predicted octanol–water partition coefficient (Wildman–Crippen LogP) is 6.89. The lowest BCUT2D eigenvalue weighted by Gasteiger charge is -2.42. The van der Waals surface area contributed by atoms with E-state index in [4.69, 9.17) is 23.2 Å². The highest BCUT2D eigenvalue weighted by molar-refractivity contribution is 6.42. The van der Waals surface area contributed by atoms with E-state index in [0.29, 0.717) is 29.1 Å². The highest BCUT2D eigenvalue weighted by atomic mass is 35.5. The second-order valence-electron chi connectivity index (χ2n) is 11.9. The van der Waals surface area contributed by atoms with Crippen molar-refractivity contribution < 1.29 is 4.79 Å². The summed E-state index contributed by atoms with van der Waals surface area (Å²) in [5.74, 6) is 0.846. The van der Waals surface area contributed by atoms with Crippen molar-refractivity contribution in [2.75, 3.05) is 39.3 Å². The van der Waals surface area contributed by atoms with Crippen LogP contribution in [0, 0.1) is 11.3 Å². The summed E-state index contributed by atoms with van der Waals surface area (Å²) in [5, 5.41) is 4.52. The Balaban J connectivity index is 1.14. The minimum Gasteiger partial charge on any atom is -0.354 e. The first-order chi connectivity index (χ1) is 19.5. The van der Waals surface area contributed by atoms with Crippen molar-refractivity contribution in [3.63, 3.8) is 0 Å². The minimum absolute atomic E-state index is 0.00266. The third kappa shape index (κ3) is 8.33. The largest absolute Gasteiger partial charge is 0.354 e. The maximum Gasteiger partial charge on any atom is 0.234 e. The van der Waals surface area contributed by atoms with Gasteiger partial charge in [-0.05, 0) is 105 Å². The van der Waals surface area contributed by atoms with Crippen LogP contribution in [0.4, 0.5) is 0 Å². The Hall–Kier alpha value is -2.37. The van der Waals surface area contributed by atoms with Crippen LogP contribution in [-0.4, -0.2) is 55.0 Å². The standard InChI is InChI=1S/C34H41Cl2N3O/c35-31-12-11-30(22-32(31)36)23-34(15-19-39(20-16-34)24-29-9-5-2-6-10-29)26-37-33(40)25-38-17-13-28(14-18-38)21-27-7-3-1-4-8-27/h1-12,22,28H,13-21,23-26H2,(H,37,40). The molecule has 2 aliphatic rings. The first-order valence-corrected chi connectivity index (χ1v) is 15.5. The molecule has 0 radical (unpaired) electrons. The third-order valence-corrected chi connectivity index (χ3v) is 9.57. The summed E-state index contributed by atoms with van der Waals surface area (Å²) in [6.45, 7) is 6.16. The fourth-order valence-corrected chi connectivity index (χ4v) is 6.69. The van der Waals surface area contributed by atoms with Crippen LogP contribution < -0.4 is 5.32 Å². The number of amides is 1. The number of nitrogens with zero attached hydrogens (tertiary/aromatic N) is 2. The van der Waals surface area contributed by atoms with Gasteiger partial charge in [0.2, 0.25) is 5.91 Å². The monoisotopic (exact) mass is 577 g/mol. The van der Waals surface area contributed by atoms with Crippen molar-refractivity contribution in [2.45, 2.75) is 45.1 Å². The lowest BCUT2D eigenvalue weighted by atomic mass is 9.73. The van der Waals surface area contributed by atoms with Gasteiger partial charge in [-0.25, -0.2) is 0 Å². The van der Waals surface area contributed by atoms with E-state index in [0.717, 1.165) is 71.2 Å². The molecule has 0 aromatic heterocycles. The van der Waals surface area contributed by atoms with E-state index >= 15 is 0 Å². The number of carbonyl (C=O) groups is 1. The molecule has 40 heavy (non-hydrogen) atoms. The molecule has 0 atom stereocenters. The van der Waals surface area contributed by atoms with Crippen molar-refractivity contribution in [1.82, 2.24) is 15.1 Å². The number of halogens is 2. The van der Waals surface area contributed by atoms with Gasteiger partial charge in [0.05, 0.1) is 16.6 Å². The molecule has 2 fully saturated rings. The van der Waals surface area contributed by atoms with Gasteiger partial charge < -0.3 is 5.32 Å². The van der Waals surface area contributed by atoms with Gasteiger partial charge in [-0.3, -0.25) is 14.6 Å². The van der Waals surface area contributed by atoms with Gasteiger partial charge in [0, 0.05) is 13.1 Å². The van der Waals surface area contributed by atoms with Crippen LogP contribution in [0.5, 0.6) is 0 Å². The van der Waals surface area contributed by atoms with E-state index in [2.05, 4.69) is 81.8 Å². The third-order valence-electron chi connectivity index (χ3n) is 8.83. The molecule has 0 spiro atoms. The number of hydrogen-bond acceptors (Lipinski definition) is 3. The van der Waals surface area contributed by atoms with E-state index in [1.54, 1.807) is 0 Å². The maximum absolute atomic E-state index is 13.1. The first-order valence-electron chi connectivity index (χ1n) is 14.7. The fraction of sp³-hybridized carbons (Fsp3) is 0.441. The molecular weight excluding hydrogens is 537 g/mol. The van der Waals surface area contributed by atoms with E-state index < -0.39 is 0 Å². The van der Waals surface area contributed by atoms with Gasteiger partial charge in [-0.15, -0.1) is 0 Å². The summed E-state index contributed by atoms with van der Waals surface area (Å²) in [5.41, 5.74) is 3.95. The molecule has 6 heteroatoms. The molecule has 212 valence electrons. The second kappa shape index (κ2) is 14.0. The molecule has 5 rings (SSSR count). The van der Waals surface area contributed by atoms with Crippen molar-refractivity contribution in [2.24, 2.45) is 11.3 Å². The van der Waals surface area contributed by atoms with Crippen LogP contribution in [-0.2, 0) is 24.2 Å². The Labute approximate surface area is 249 Å². The summed E-state index contributed by atoms with van der Waals surface area (Å²) in [6.07, 6.45) is 6.39.